The Labute approximate surface area is 68.5 Å². The van der Waals surface area contributed by atoms with Gasteiger partial charge in [-0.15, -0.1) is 0 Å². The van der Waals surface area contributed by atoms with Gasteiger partial charge < -0.3 is 15.4 Å². The highest BCUT2D eigenvalue weighted by Crippen LogP contribution is 2.16. The minimum Gasteiger partial charge on any atom is -0.387 e. The zero-order valence-electron chi connectivity index (χ0n) is 6.37. The summed E-state index contributed by atoms with van der Waals surface area (Å²) in [6, 6.07) is 0. The molecule has 2 heterocycles. The first kappa shape index (κ1) is 7.45. The minimum atomic E-state index is -0.557. The zero-order valence-corrected chi connectivity index (χ0v) is 6.37. The van der Waals surface area contributed by atoms with E-state index in [9.17, 15) is 9.90 Å². The van der Waals surface area contributed by atoms with E-state index in [1.807, 2.05) is 0 Å². The van der Waals surface area contributed by atoms with Gasteiger partial charge in [-0.3, -0.25) is 0 Å². The largest absolute Gasteiger partial charge is 0.387 e. The molecule has 0 aromatic carbocycles. The number of rotatable bonds is 0. The van der Waals surface area contributed by atoms with Gasteiger partial charge in [0.2, 0.25) is 0 Å². The maximum atomic E-state index is 10.8. The quantitative estimate of drug-likeness (QED) is 0.458. The Balaban J connectivity index is 2.53. The van der Waals surface area contributed by atoms with Gasteiger partial charge in [0, 0.05) is 30.5 Å². The molecular weight excluding hydrogens is 158 g/mol. The number of aliphatic hydroxyl groups excluding tert-OH is 1. The highest BCUT2D eigenvalue weighted by molar-refractivity contribution is 5.21. The van der Waals surface area contributed by atoms with Gasteiger partial charge in [0.25, 0.3) is 0 Å². The van der Waals surface area contributed by atoms with Crippen molar-refractivity contribution in [3.63, 3.8) is 0 Å². The van der Waals surface area contributed by atoms with E-state index in [0.717, 1.165) is 5.69 Å². The van der Waals surface area contributed by atoms with Gasteiger partial charge in [-0.25, -0.2) is 9.78 Å². The predicted octanol–water partition coefficient (Wildman–Crippen LogP) is -1.09. The minimum absolute atomic E-state index is 0.371. The van der Waals surface area contributed by atoms with Crippen LogP contribution in [0.1, 0.15) is 17.4 Å². The number of fused-ring (bicyclic) bond motifs is 1. The van der Waals surface area contributed by atoms with Gasteiger partial charge in [0.05, 0.1) is 6.10 Å². The third-order valence-electron chi connectivity index (χ3n) is 1.93. The molecule has 1 aromatic rings. The Morgan fingerprint density at radius 1 is 1.67 bits per heavy atom. The topological polar surface area (TPSA) is 78.0 Å². The van der Waals surface area contributed by atoms with Crippen LogP contribution in [-0.2, 0) is 6.54 Å². The van der Waals surface area contributed by atoms with Crippen LogP contribution in [0.4, 0.5) is 0 Å². The van der Waals surface area contributed by atoms with Crippen LogP contribution in [0.25, 0.3) is 0 Å². The van der Waals surface area contributed by atoms with Gasteiger partial charge in [0.1, 0.15) is 0 Å². The molecule has 0 bridgehead atoms. The Kier molecular flexibility index (Phi) is 1.67. The lowest BCUT2D eigenvalue weighted by molar-refractivity contribution is 0.163. The number of aromatic nitrogens is 2. The second-order valence-electron chi connectivity index (χ2n) is 2.77. The number of hydrogen-bond acceptors (Lipinski definition) is 4. The number of nitrogens with zero attached hydrogens (tertiary/aromatic N) is 1. The van der Waals surface area contributed by atoms with Crippen LogP contribution in [0.2, 0.25) is 0 Å². The number of nitrogens with one attached hydrogen (secondary N) is 2. The van der Waals surface area contributed by atoms with Crippen molar-refractivity contribution in [3.05, 3.63) is 27.9 Å². The molecule has 1 unspecified atom stereocenters. The summed E-state index contributed by atoms with van der Waals surface area (Å²) in [4.78, 5) is 16.9. The van der Waals surface area contributed by atoms with Gasteiger partial charge >= 0.3 is 5.69 Å². The summed E-state index contributed by atoms with van der Waals surface area (Å²) in [6.07, 6.45) is 0.873. The standard InChI is InChI=1S/C7H9N3O2/c11-6-3-8-2-5-4(6)1-9-7(12)10-5/h1,6,8,11H,2-3H2,(H,9,10,12). The van der Waals surface area contributed by atoms with Crippen molar-refractivity contribution in [1.82, 2.24) is 15.3 Å². The van der Waals surface area contributed by atoms with Crippen LogP contribution in [0.15, 0.2) is 11.0 Å². The SMILES string of the molecule is O=c1ncc2c([nH]1)CNCC2O. The van der Waals surface area contributed by atoms with Crippen LogP contribution in [-0.4, -0.2) is 21.6 Å². The lowest BCUT2D eigenvalue weighted by Crippen LogP contribution is -2.31. The predicted molar refractivity (Wildman–Crippen MR) is 41.5 cm³/mol. The van der Waals surface area contributed by atoms with Crippen molar-refractivity contribution < 1.29 is 5.11 Å². The first-order valence-electron chi connectivity index (χ1n) is 3.74. The molecule has 0 saturated heterocycles. The molecule has 0 saturated carbocycles. The summed E-state index contributed by atoms with van der Waals surface area (Å²) in [5.41, 5.74) is 1.08. The summed E-state index contributed by atoms with van der Waals surface area (Å²) in [6.45, 7) is 1.10. The van der Waals surface area contributed by atoms with Crippen molar-refractivity contribution in [1.29, 1.82) is 0 Å². The number of aromatic amines is 1. The average Bonchev–Trinajstić information content (AvgIpc) is 2.04. The average molecular weight is 167 g/mol. The molecule has 1 atom stereocenters. The third kappa shape index (κ3) is 1.13. The number of H-pyrrole nitrogens is 1. The molecule has 64 valence electrons. The number of β-amino-alcohol motifs (C(OH)–C–C–N with tert-alkyl or cyclic N) is 1. The molecule has 1 aliphatic rings. The molecule has 0 spiro atoms. The fourth-order valence-electron chi connectivity index (χ4n) is 1.32. The van der Waals surface area contributed by atoms with E-state index < -0.39 is 6.10 Å². The van der Waals surface area contributed by atoms with E-state index in [1.54, 1.807) is 0 Å². The van der Waals surface area contributed by atoms with Gasteiger partial charge in [-0.1, -0.05) is 0 Å². The third-order valence-corrected chi connectivity index (χ3v) is 1.93. The van der Waals surface area contributed by atoms with Crippen molar-refractivity contribution >= 4 is 0 Å². The highest BCUT2D eigenvalue weighted by atomic mass is 16.3. The van der Waals surface area contributed by atoms with E-state index in [-0.39, 0.29) is 5.69 Å². The first-order chi connectivity index (χ1) is 5.77. The van der Waals surface area contributed by atoms with Crippen molar-refractivity contribution in [3.8, 4) is 0 Å². The molecule has 0 amide bonds. The van der Waals surface area contributed by atoms with Crippen LogP contribution < -0.4 is 11.0 Å². The molecular formula is C7H9N3O2. The maximum Gasteiger partial charge on any atom is 0.345 e. The fourth-order valence-corrected chi connectivity index (χ4v) is 1.32. The van der Waals surface area contributed by atoms with Crippen LogP contribution >= 0.6 is 0 Å². The Hall–Kier alpha value is -1.20. The van der Waals surface area contributed by atoms with E-state index >= 15 is 0 Å². The van der Waals surface area contributed by atoms with E-state index in [4.69, 9.17) is 0 Å². The van der Waals surface area contributed by atoms with Crippen molar-refractivity contribution in [2.24, 2.45) is 0 Å². The van der Waals surface area contributed by atoms with Crippen LogP contribution in [0, 0.1) is 0 Å². The zero-order chi connectivity index (χ0) is 8.55. The van der Waals surface area contributed by atoms with E-state index in [2.05, 4.69) is 15.3 Å². The van der Waals surface area contributed by atoms with E-state index in [1.165, 1.54) is 6.20 Å². The van der Waals surface area contributed by atoms with Gasteiger partial charge in [0.15, 0.2) is 0 Å². The summed E-state index contributed by atoms with van der Waals surface area (Å²) in [7, 11) is 0. The van der Waals surface area contributed by atoms with Crippen molar-refractivity contribution in [2.45, 2.75) is 12.6 Å². The fraction of sp³-hybridized carbons (Fsp3) is 0.429. The molecule has 1 aliphatic heterocycles. The second-order valence-corrected chi connectivity index (χ2v) is 2.77. The summed E-state index contributed by atoms with van der Waals surface area (Å²) < 4.78 is 0. The molecule has 5 heteroatoms. The van der Waals surface area contributed by atoms with Gasteiger partial charge in [-0.05, 0) is 0 Å². The molecule has 12 heavy (non-hydrogen) atoms. The normalized spacial score (nSPS) is 21.9. The molecule has 0 aliphatic carbocycles. The summed E-state index contributed by atoms with van der Waals surface area (Å²) in [5.74, 6) is 0. The lowest BCUT2D eigenvalue weighted by atomic mass is 10.1. The molecule has 3 N–H and O–H groups in total. The summed E-state index contributed by atoms with van der Waals surface area (Å²) in [5, 5.41) is 12.4. The first-order valence-corrected chi connectivity index (χ1v) is 3.74. The lowest BCUT2D eigenvalue weighted by Gasteiger charge is -2.20. The van der Waals surface area contributed by atoms with Gasteiger partial charge in [-0.2, -0.15) is 0 Å². The Morgan fingerprint density at radius 2 is 2.50 bits per heavy atom. The maximum absolute atomic E-state index is 10.8. The summed E-state index contributed by atoms with van der Waals surface area (Å²) >= 11 is 0. The molecule has 5 nitrogen and oxygen atoms in total. The monoisotopic (exact) mass is 167 g/mol. The number of aliphatic hydroxyl groups is 1. The Morgan fingerprint density at radius 3 is 3.33 bits per heavy atom. The van der Waals surface area contributed by atoms with Crippen LogP contribution in [0.5, 0.6) is 0 Å². The van der Waals surface area contributed by atoms with E-state index in [0.29, 0.717) is 18.7 Å². The Bertz CT molecular complexity index is 347. The number of hydrogen-bond donors (Lipinski definition) is 3. The van der Waals surface area contributed by atoms with Crippen molar-refractivity contribution in [2.75, 3.05) is 6.54 Å². The smallest absolute Gasteiger partial charge is 0.345 e. The second kappa shape index (κ2) is 2.69. The molecule has 2 rings (SSSR count). The molecule has 0 fully saturated rings. The van der Waals surface area contributed by atoms with Crippen LogP contribution in [0.3, 0.4) is 0 Å². The molecule has 1 aromatic heterocycles. The molecule has 0 radical (unpaired) electrons. The highest BCUT2D eigenvalue weighted by Gasteiger charge is 2.17.